The van der Waals surface area contributed by atoms with Gasteiger partial charge in [-0.2, -0.15) is 0 Å². The van der Waals surface area contributed by atoms with Crippen LogP contribution in [0.4, 0.5) is 9.80 Å². The average molecular weight is 449 g/mol. The highest BCUT2D eigenvalue weighted by Crippen LogP contribution is 2.36. The van der Waals surface area contributed by atoms with Crippen LogP contribution in [0.15, 0.2) is 36.4 Å². The number of rotatable bonds is 7. The molecule has 3 atom stereocenters. The zero-order chi connectivity index (χ0) is 22.4. The summed E-state index contributed by atoms with van der Waals surface area (Å²) in [5, 5.41) is 13.8. The first-order valence-electron chi connectivity index (χ1n) is 10.1. The van der Waals surface area contributed by atoms with Crippen molar-refractivity contribution in [1.82, 2.24) is 5.32 Å². The van der Waals surface area contributed by atoms with Gasteiger partial charge in [-0.05, 0) is 25.0 Å². The van der Waals surface area contributed by atoms with Crippen molar-refractivity contribution in [2.75, 3.05) is 32.2 Å². The van der Waals surface area contributed by atoms with E-state index >= 15 is 0 Å². The van der Waals surface area contributed by atoms with Gasteiger partial charge in [0.05, 0.1) is 30.4 Å². The van der Waals surface area contributed by atoms with Crippen molar-refractivity contribution in [2.24, 2.45) is 0 Å². The van der Waals surface area contributed by atoms with Gasteiger partial charge in [0.1, 0.15) is 11.5 Å². The van der Waals surface area contributed by atoms with Gasteiger partial charge < -0.3 is 29.5 Å². The molecule has 1 aromatic carbocycles. The van der Waals surface area contributed by atoms with Crippen LogP contribution >= 0.6 is 11.3 Å². The normalized spacial score (nSPS) is 19.5. The second kappa shape index (κ2) is 10.6. The van der Waals surface area contributed by atoms with Crippen molar-refractivity contribution in [3.05, 3.63) is 52.4 Å². The van der Waals surface area contributed by atoms with E-state index in [0.29, 0.717) is 30.0 Å². The number of amides is 1. The largest absolute Gasteiger partial charge is 0.465 e. The number of esters is 1. The van der Waals surface area contributed by atoms with Gasteiger partial charge in [-0.25, -0.2) is 9.59 Å². The Morgan fingerprint density at radius 1 is 1.29 bits per heavy atom. The molecule has 0 spiro atoms. The third-order valence-electron chi connectivity index (χ3n) is 5.26. The zero-order valence-electron chi connectivity index (χ0n) is 17.9. The molecule has 0 bridgehead atoms. The summed E-state index contributed by atoms with van der Waals surface area (Å²) in [5.41, 5.74) is 1.47. The Hall–Kier alpha value is -2.62. The summed E-state index contributed by atoms with van der Waals surface area (Å²) in [5.74, 6) is -0.465. The number of carbonyl (C=O) groups excluding carboxylic acids is 2. The number of aliphatic hydroxyl groups is 1. The molecule has 0 aliphatic carbocycles. The number of anilines is 1. The summed E-state index contributed by atoms with van der Waals surface area (Å²) in [4.78, 5) is 26.8. The van der Waals surface area contributed by atoms with Crippen molar-refractivity contribution >= 4 is 28.4 Å². The molecule has 9 heteroatoms. The third kappa shape index (κ3) is 5.75. The molecule has 1 amide bonds. The van der Waals surface area contributed by atoms with E-state index in [-0.39, 0.29) is 18.8 Å². The van der Waals surface area contributed by atoms with Crippen LogP contribution in [0.3, 0.4) is 0 Å². The summed E-state index contributed by atoms with van der Waals surface area (Å²) in [6.45, 7) is 3.01. The Kier molecular flexibility index (Phi) is 7.89. The predicted molar refractivity (Wildman–Crippen MR) is 117 cm³/mol. The number of piperidine rings is 1. The number of hydrogen-bond donors (Lipinski definition) is 2. The number of benzene rings is 1. The van der Waals surface area contributed by atoms with Gasteiger partial charge in [0.25, 0.3) is 0 Å². The van der Waals surface area contributed by atoms with Crippen molar-refractivity contribution in [1.29, 1.82) is 0 Å². The smallest absolute Gasteiger partial charge is 0.407 e. The molecule has 0 saturated carbocycles. The Bertz CT molecular complexity index is 885. The number of carbonyl (C=O) groups is 2. The third-order valence-corrected chi connectivity index (χ3v) is 6.45. The maximum absolute atomic E-state index is 12.2. The molecule has 3 unspecified atom stereocenters. The number of thiophene rings is 1. The lowest BCUT2D eigenvalue weighted by molar-refractivity contribution is 0.0547. The Balaban J connectivity index is 1.61. The summed E-state index contributed by atoms with van der Waals surface area (Å²) in [6.07, 6.45) is -0.869. The van der Waals surface area contributed by atoms with Crippen molar-refractivity contribution in [3.8, 4) is 0 Å². The Labute approximate surface area is 185 Å². The van der Waals surface area contributed by atoms with E-state index in [0.717, 1.165) is 10.6 Å². The number of aliphatic hydroxyl groups excluding tert-OH is 1. The van der Waals surface area contributed by atoms with Gasteiger partial charge in [-0.15, -0.1) is 11.3 Å². The molecule has 1 aromatic heterocycles. The monoisotopic (exact) mass is 448 g/mol. The van der Waals surface area contributed by atoms with Crippen molar-refractivity contribution < 1.29 is 28.9 Å². The molecule has 0 radical (unpaired) electrons. The van der Waals surface area contributed by atoms with Crippen LogP contribution in [0.1, 0.15) is 40.2 Å². The molecule has 31 heavy (non-hydrogen) atoms. The Morgan fingerprint density at radius 2 is 2.03 bits per heavy atom. The first-order chi connectivity index (χ1) is 14.9. The second-order valence-corrected chi connectivity index (χ2v) is 8.39. The Morgan fingerprint density at radius 3 is 2.68 bits per heavy atom. The molecule has 168 valence electrons. The van der Waals surface area contributed by atoms with Gasteiger partial charge >= 0.3 is 12.1 Å². The number of methoxy groups -OCH3 is 2. The molecular weight excluding hydrogens is 420 g/mol. The minimum atomic E-state index is -0.782. The van der Waals surface area contributed by atoms with Crippen molar-refractivity contribution in [2.45, 2.75) is 38.2 Å². The van der Waals surface area contributed by atoms with E-state index < -0.39 is 18.2 Å². The van der Waals surface area contributed by atoms with Gasteiger partial charge in [0.2, 0.25) is 0 Å². The molecule has 1 saturated heterocycles. The van der Waals surface area contributed by atoms with E-state index in [9.17, 15) is 14.7 Å². The quantitative estimate of drug-likeness (QED) is 0.628. The molecule has 2 N–H and O–H groups in total. The lowest BCUT2D eigenvalue weighted by atomic mass is 10.0. The molecule has 1 aliphatic rings. The molecule has 3 rings (SSSR count). The number of alkyl carbamates (subject to hydrolysis) is 1. The minimum absolute atomic E-state index is 0.194. The topological polar surface area (TPSA) is 97.3 Å². The maximum atomic E-state index is 12.2. The number of ether oxygens (including phenoxy) is 3. The highest BCUT2D eigenvalue weighted by molar-refractivity contribution is 7.18. The summed E-state index contributed by atoms with van der Waals surface area (Å²) in [7, 11) is 2.93. The van der Waals surface area contributed by atoms with E-state index in [2.05, 4.69) is 10.2 Å². The first-order valence-corrected chi connectivity index (χ1v) is 10.9. The fourth-order valence-corrected chi connectivity index (χ4v) is 4.75. The molecule has 1 fully saturated rings. The van der Waals surface area contributed by atoms with E-state index in [4.69, 9.17) is 14.2 Å². The molecule has 2 heterocycles. The number of nitrogens with one attached hydrogen (secondary N) is 1. The van der Waals surface area contributed by atoms with Crippen LogP contribution < -0.4 is 10.2 Å². The fraction of sp³-hybridized carbons (Fsp3) is 0.455. The highest BCUT2D eigenvalue weighted by atomic mass is 32.1. The fourth-order valence-electron chi connectivity index (χ4n) is 3.55. The van der Waals surface area contributed by atoms with Gasteiger partial charge in [0.15, 0.2) is 0 Å². The minimum Gasteiger partial charge on any atom is -0.465 e. The summed E-state index contributed by atoms with van der Waals surface area (Å²) < 4.78 is 15.8. The van der Waals surface area contributed by atoms with Crippen LogP contribution in [0, 0.1) is 0 Å². The predicted octanol–water partition coefficient (Wildman–Crippen LogP) is 3.11. The van der Waals surface area contributed by atoms with Crippen molar-refractivity contribution in [3.63, 3.8) is 0 Å². The van der Waals surface area contributed by atoms with E-state index in [1.54, 1.807) is 14.0 Å². The summed E-state index contributed by atoms with van der Waals surface area (Å²) in [6, 6.07) is 11.1. The van der Waals surface area contributed by atoms with Crippen LogP contribution in [0.25, 0.3) is 0 Å². The van der Waals surface area contributed by atoms with Crippen LogP contribution in [-0.4, -0.2) is 56.6 Å². The molecule has 1 aliphatic heterocycles. The number of hydrogen-bond acceptors (Lipinski definition) is 8. The zero-order valence-corrected chi connectivity index (χ0v) is 18.7. The number of nitrogens with zero attached hydrogens (tertiary/aromatic N) is 1. The lowest BCUT2D eigenvalue weighted by Crippen LogP contribution is -2.54. The second-order valence-electron chi connectivity index (χ2n) is 7.36. The molecule has 8 nitrogen and oxygen atoms in total. The first kappa shape index (κ1) is 23.1. The van der Waals surface area contributed by atoms with Gasteiger partial charge in [-0.3, -0.25) is 0 Å². The lowest BCUT2D eigenvalue weighted by Gasteiger charge is -2.38. The average Bonchev–Trinajstić information content (AvgIpc) is 3.24. The van der Waals surface area contributed by atoms with Gasteiger partial charge in [-0.1, -0.05) is 30.3 Å². The highest BCUT2D eigenvalue weighted by Gasteiger charge is 2.32. The van der Waals surface area contributed by atoms with Crippen LogP contribution in [-0.2, 0) is 20.8 Å². The maximum Gasteiger partial charge on any atom is 0.407 e. The molecular formula is C22H28N2O6S. The SMILES string of the molecule is COC(=O)c1sc(N2CCC(NC(=O)OCc3ccccc3)C(OC)C2)cc1C(C)O. The van der Waals surface area contributed by atoms with Crippen LogP contribution in [0.2, 0.25) is 0 Å². The summed E-state index contributed by atoms with van der Waals surface area (Å²) >= 11 is 1.28. The standard InChI is InChI=1S/C22H28N2O6S/c1-14(25)16-11-19(31-20(16)21(26)29-3)24-10-9-17(18(12-24)28-2)23-22(27)30-13-15-7-5-4-6-8-15/h4-8,11,14,17-18,25H,9-10,12-13H2,1-3H3,(H,23,27). The van der Waals surface area contributed by atoms with E-state index in [1.165, 1.54) is 18.4 Å². The van der Waals surface area contributed by atoms with E-state index in [1.807, 2.05) is 36.4 Å². The molecule has 2 aromatic rings. The van der Waals surface area contributed by atoms with Crippen LogP contribution in [0.5, 0.6) is 0 Å². The van der Waals surface area contributed by atoms with Gasteiger partial charge in [0, 0.05) is 25.8 Å².